The zero-order chi connectivity index (χ0) is 22.5. The van der Waals surface area contributed by atoms with Crippen molar-refractivity contribution in [2.75, 3.05) is 39.8 Å². The summed E-state index contributed by atoms with van der Waals surface area (Å²) in [4.78, 5) is 0. The number of hydrogen-bond donors (Lipinski definition) is 0. The Morgan fingerprint density at radius 2 is 1.29 bits per heavy atom. The molecule has 1 aliphatic heterocycles. The summed E-state index contributed by atoms with van der Waals surface area (Å²) < 4.78 is 27.6. The average Bonchev–Trinajstić information content (AvgIpc) is 3.24. The van der Waals surface area contributed by atoms with Gasteiger partial charge in [-0.2, -0.15) is 13.3 Å². The maximum absolute atomic E-state index is 5.75. The third-order valence-electron chi connectivity index (χ3n) is 4.21. The van der Waals surface area contributed by atoms with Crippen LogP contribution in [0, 0.1) is 13.8 Å². The second-order valence-electron chi connectivity index (χ2n) is 6.71. The molecule has 0 radical (unpaired) electrons. The molecule has 0 N–H and O–H groups in total. The topological polar surface area (TPSA) is 46.2 Å². The van der Waals surface area contributed by atoms with Gasteiger partial charge < -0.3 is 37.5 Å². The van der Waals surface area contributed by atoms with E-state index in [0.29, 0.717) is 39.8 Å². The van der Waals surface area contributed by atoms with Crippen molar-refractivity contribution in [3.8, 4) is 11.5 Å². The maximum atomic E-state index is 5.75. The van der Waals surface area contributed by atoms with E-state index in [2.05, 4.69) is 40.7 Å². The van der Waals surface area contributed by atoms with Crippen LogP contribution in [0.2, 0.25) is 0 Å². The fourth-order valence-corrected chi connectivity index (χ4v) is 2.53. The van der Waals surface area contributed by atoms with Crippen LogP contribution in [0.25, 0.3) is 0 Å². The second-order valence-corrected chi connectivity index (χ2v) is 6.71. The predicted octanol–water partition coefficient (Wildman–Crippen LogP) is 5.80. The monoisotopic (exact) mass is 448 g/mol. The first kappa shape index (κ1) is 32.6. The van der Waals surface area contributed by atoms with Gasteiger partial charge in [-0.05, 0) is 36.1 Å². The molecule has 0 bridgehead atoms. The Hall–Kier alpha value is -0.534. The molecular weight excluding hydrogens is 405 g/mol. The van der Waals surface area contributed by atoms with Gasteiger partial charge in [0.15, 0.2) is 11.5 Å². The Morgan fingerprint density at radius 3 is 1.81 bits per heavy atom. The SMILES string of the molecule is CCCCOCCOCCOCc1cc2c(cc1CCC)OCO2.[CH2-]C.[CH2-]CCC.[Mg+2]. The van der Waals surface area contributed by atoms with Crippen LogP contribution in [0.3, 0.4) is 0 Å². The van der Waals surface area contributed by atoms with Crippen LogP contribution in [-0.4, -0.2) is 62.9 Å². The molecule has 2 rings (SSSR count). The first-order valence-corrected chi connectivity index (χ1v) is 11.4. The molecule has 0 aromatic heterocycles. The first-order valence-electron chi connectivity index (χ1n) is 11.4. The van der Waals surface area contributed by atoms with Gasteiger partial charge in [-0.1, -0.05) is 40.0 Å². The molecule has 0 saturated carbocycles. The predicted molar refractivity (Wildman–Crippen MR) is 130 cm³/mol. The Morgan fingerprint density at radius 1 is 0.774 bits per heavy atom. The minimum Gasteiger partial charge on any atom is -0.454 e. The number of ether oxygens (including phenoxy) is 5. The van der Waals surface area contributed by atoms with Gasteiger partial charge in [-0.3, -0.25) is 0 Å². The van der Waals surface area contributed by atoms with Gasteiger partial charge in [0.2, 0.25) is 6.79 Å². The van der Waals surface area contributed by atoms with Gasteiger partial charge >= 0.3 is 23.1 Å². The molecule has 0 atom stereocenters. The van der Waals surface area contributed by atoms with Gasteiger partial charge in [0, 0.05) is 6.61 Å². The third kappa shape index (κ3) is 15.8. The molecule has 5 nitrogen and oxygen atoms in total. The minimum atomic E-state index is 0. The van der Waals surface area contributed by atoms with Crippen LogP contribution in [-0.2, 0) is 27.2 Å². The van der Waals surface area contributed by atoms with Crippen molar-refractivity contribution in [1.29, 1.82) is 0 Å². The standard InChI is InChI=1S/C19H30O5.C4H9.C2H5.Mg/c1-3-5-7-20-8-9-21-10-11-22-14-17-13-19-18(23-15-24-19)12-16(17)6-4-2;1-3-4-2;1-2;/h12-13H,3-11,14-15H2,1-2H3;1,3-4H2,2H3;1H2,2H3;/q;2*-1;+2. The molecule has 0 amide bonds. The molecule has 0 saturated heterocycles. The van der Waals surface area contributed by atoms with Crippen molar-refractivity contribution in [2.45, 2.75) is 72.8 Å². The summed E-state index contributed by atoms with van der Waals surface area (Å²) >= 11 is 0. The van der Waals surface area contributed by atoms with Crippen LogP contribution >= 0.6 is 0 Å². The van der Waals surface area contributed by atoms with Crippen molar-refractivity contribution in [1.82, 2.24) is 0 Å². The third-order valence-corrected chi connectivity index (χ3v) is 4.21. The van der Waals surface area contributed by atoms with E-state index in [0.717, 1.165) is 50.2 Å². The molecule has 0 fully saturated rings. The van der Waals surface area contributed by atoms with Crippen molar-refractivity contribution in [2.24, 2.45) is 0 Å². The number of unbranched alkanes of at least 4 members (excludes halogenated alkanes) is 2. The second kappa shape index (κ2) is 24.1. The molecule has 0 unspecified atom stereocenters. The molecule has 176 valence electrons. The van der Waals surface area contributed by atoms with E-state index in [-0.39, 0.29) is 23.1 Å². The number of benzene rings is 1. The van der Waals surface area contributed by atoms with Crippen LogP contribution in [0.5, 0.6) is 11.5 Å². The van der Waals surface area contributed by atoms with E-state index in [9.17, 15) is 0 Å². The van der Waals surface area contributed by atoms with Gasteiger partial charge in [0.25, 0.3) is 0 Å². The molecule has 1 aromatic carbocycles. The quantitative estimate of drug-likeness (QED) is 0.204. The molecule has 31 heavy (non-hydrogen) atoms. The van der Waals surface area contributed by atoms with Crippen molar-refractivity contribution >= 4 is 23.1 Å². The van der Waals surface area contributed by atoms with Crippen molar-refractivity contribution in [3.63, 3.8) is 0 Å². The minimum absolute atomic E-state index is 0. The number of aryl methyl sites for hydroxylation is 1. The normalized spacial score (nSPS) is 11.0. The number of fused-ring (bicyclic) bond motifs is 1. The van der Waals surface area contributed by atoms with Crippen LogP contribution < -0.4 is 9.47 Å². The zero-order valence-corrected chi connectivity index (χ0v) is 21.9. The van der Waals surface area contributed by atoms with Crippen molar-refractivity contribution < 1.29 is 23.7 Å². The van der Waals surface area contributed by atoms with Gasteiger partial charge in [-0.25, -0.2) is 0 Å². The van der Waals surface area contributed by atoms with E-state index in [1.54, 1.807) is 6.92 Å². The first-order chi connectivity index (χ1) is 14.8. The Bertz CT molecular complexity index is 509. The van der Waals surface area contributed by atoms with E-state index in [4.69, 9.17) is 23.7 Å². The summed E-state index contributed by atoms with van der Waals surface area (Å²) in [5.74, 6) is 1.66. The van der Waals surface area contributed by atoms with Gasteiger partial charge in [-0.15, -0.1) is 0 Å². The summed E-state index contributed by atoms with van der Waals surface area (Å²) in [6.07, 6.45) is 6.65. The molecule has 6 heteroatoms. The summed E-state index contributed by atoms with van der Waals surface area (Å²) in [7, 11) is 0. The average molecular weight is 449 g/mol. The fraction of sp³-hybridized carbons (Fsp3) is 0.680. The Balaban J connectivity index is 0. The van der Waals surface area contributed by atoms with Crippen LogP contribution in [0.1, 0.15) is 70.9 Å². The number of hydrogen-bond acceptors (Lipinski definition) is 5. The van der Waals surface area contributed by atoms with Crippen molar-refractivity contribution in [3.05, 3.63) is 37.1 Å². The van der Waals surface area contributed by atoms with Crippen LogP contribution in [0.4, 0.5) is 0 Å². The summed E-state index contributed by atoms with van der Waals surface area (Å²) in [6.45, 7) is 19.2. The van der Waals surface area contributed by atoms with Crippen LogP contribution in [0.15, 0.2) is 12.1 Å². The molecule has 0 spiro atoms. The maximum Gasteiger partial charge on any atom is 2.00 e. The molecule has 0 aliphatic carbocycles. The zero-order valence-electron chi connectivity index (χ0n) is 20.5. The van der Waals surface area contributed by atoms with E-state index >= 15 is 0 Å². The smallest absolute Gasteiger partial charge is 0.454 e. The molecule has 1 aromatic rings. The Labute approximate surface area is 207 Å². The number of rotatable bonds is 14. The molecular formula is C25H44MgO5. The largest absolute Gasteiger partial charge is 2.00 e. The van der Waals surface area contributed by atoms with E-state index < -0.39 is 0 Å². The molecule has 1 heterocycles. The van der Waals surface area contributed by atoms with E-state index in [1.807, 2.05) is 6.07 Å². The van der Waals surface area contributed by atoms with Gasteiger partial charge in [0.05, 0.1) is 33.0 Å². The Kier molecular flexibility index (Phi) is 25.4. The summed E-state index contributed by atoms with van der Waals surface area (Å²) in [6, 6.07) is 4.12. The summed E-state index contributed by atoms with van der Waals surface area (Å²) in [5.41, 5.74) is 2.44. The van der Waals surface area contributed by atoms with Gasteiger partial charge in [0.1, 0.15) is 0 Å². The summed E-state index contributed by atoms with van der Waals surface area (Å²) in [5, 5.41) is 0. The fourth-order valence-electron chi connectivity index (χ4n) is 2.53. The molecule has 1 aliphatic rings. The van der Waals surface area contributed by atoms with E-state index in [1.165, 1.54) is 17.5 Å².